The highest BCUT2D eigenvalue weighted by Crippen LogP contribution is 2.47. The number of hydrogen-bond acceptors (Lipinski definition) is 1. The molecule has 2 rings (SSSR count). The van der Waals surface area contributed by atoms with E-state index in [1.54, 1.807) is 12.1 Å². The lowest BCUT2D eigenvalue weighted by atomic mass is 9.86. The number of fused-ring (bicyclic) bond motifs is 1. The molecular weight excluding hydrogens is 189 g/mol. The summed E-state index contributed by atoms with van der Waals surface area (Å²) in [5, 5.41) is 0. The average Bonchev–Trinajstić information content (AvgIpc) is 2.39. The Balaban J connectivity index is 2.43. The van der Waals surface area contributed by atoms with Crippen LogP contribution in [0.3, 0.4) is 0 Å². The summed E-state index contributed by atoms with van der Waals surface area (Å²) in [4.78, 5) is 0. The quantitative estimate of drug-likeness (QED) is 0.792. The predicted octanol–water partition coefficient (Wildman–Crippen LogP) is 2.94. The van der Waals surface area contributed by atoms with Crippen molar-refractivity contribution in [1.29, 1.82) is 0 Å². The molecule has 1 atom stereocenters. The molecule has 0 spiro atoms. The van der Waals surface area contributed by atoms with Gasteiger partial charge < -0.3 is 5.73 Å². The molecule has 82 valence electrons. The number of nitrogens with two attached hydrogens (primary N) is 1. The van der Waals surface area contributed by atoms with Crippen LogP contribution in [0.2, 0.25) is 0 Å². The zero-order valence-corrected chi connectivity index (χ0v) is 9.39. The molecule has 2 heteroatoms. The minimum Gasteiger partial charge on any atom is -0.330 e. The van der Waals surface area contributed by atoms with Gasteiger partial charge in [0.1, 0.15) is 5.82 Å². The molecule has 0 amide bonds. The summed E-state index contributed by atoms with van der Waals surface area (Å²) in [7, 11) is 0. The highest BCUT2D eigenvalue weighted by Gasteiger charge is 2.36. The van der Waals surface area contributed by atoms with Gasteiger partial charge in [-0.25, -0.2) is 4.39 Å². The van der Waals surface area contributed by atoms with Crippen LogP contribution < -0.4 is 5.73 Å². The molecule has 1 aliphatic carbocycles. The highest BCUT2D eigenvalue weighted by molar-refractivity contribution is 5.41. The molecule has 0 bridgehead atoms. The third-order valence-corrected chi connectivity index (χ3v) is 3.46. The molecule has 0 aliphatic heterocycles. The molecule has 1 aromatic rings. The van der Waals surface area contributed by atoms with E-state index in [9.17, 15) is 4.39 Å². The van der Waals surface area contributed by atoms with E-state index in [-0.39, 0.29) is 11.2 Å². The second-order valence-corrected chi connectivity index (χ2v) is 5.09. The van der Waals surface area contributed by atoms with E-state index in [4.69, 9.17) is 5.73 Å². The van der Waals surface area contributed by atoms with Crippen LogP contribution >= 0.6 is 0 Å². The summed E-state index contributed by atoms with van der Waals surface area (Å²) in [6.45, 7) is 5.07. The van der Waals surface area contributed by atoms with E-state index in [0.717, 1.165) is 12.8 Å². The van der Waals surface area contributed by atoms with Gasteiger partial charge in [-0.2, -0.15) is 0 Å². The molecular formula is C13H18FN. The number of hydrogen-bond donors (Lipinski definition) is 1. The fourth-order valence-electron chi connectivity index (χ4n) is 2.77. The van der Waals surface area contributed by atoms with Crippen molar-refractivity contribution in [2.24, 2.45) is 5.73 Å². The minimum absolute atomic E-state index is 0.0945. The van der Waals surface area contributed by atoms with Gasteiger partial charge in [-0.15, -0.1) is 0 Å². The summed E-state index contributed by atoms with van der Waals surface area (Å²) >= 11 is 0. The van der Waals surface area contributed by atoms with Gasteiger partial charge in [0.05, 0.1) is 0 Å². The second kappa shape index (κ2) is 3.60. The monoisotopic (exact) mass is 207 g/mol. The summed E-state index contributed by atoms with van der Waals surface area (Å²) in [6.07, 6.45) is 2.09. The van der Waals surface area contributed by atoms with E-state index in [0.29, 0.717) is 12.5 Å². The van der Waals surface area contributed by atoms with Crippen LogP contribution in [0, 0.1) is 5.82 Å². The van der Waals surface area contributed by atoms with Crippen LogP contribution in [0.15, 0.2) is 18.2 Å². The Bertz CT molecular complexity index is 371. The van der Waals surface area contributed by atoms with Gasteiger partial charge in [0, 0.05) is 0 Å². The van der Waals surface area contributed by atoms with Gasteiger partial charge in [-0.05, 0) is 54.0 Å². The maximum atomic E-state index is 13.2. The topological polar surface area (TPSA) is 26.0 Å². The van der Waals surface area contributed by atoms with Gasteiger partial charge in [0.25, 0.3) is 0 Å². The van der Waals surface area contributed by atoms with Crippen LogP contribution in [-0.2, 0) is 5.41 Å². The Morgan fingerprint density at radius 3 is 2.87 bits per heavy atom. The third-order valence-electron chi connectivity index (χ3n) is 3.46. The highest BCUT2D eigenvalue weighted by atomic mass is 19.1. The maximum Gasteiger partial charge on any atom is 0.123 e. The zero-order valence-electron chi connectivity index (χ0n) is 9.39. The molecule has 15 heavy (non-hydrogen) atoms. The largest absolute Gasteiger partial charge is 0.330 e. The van der Waals surface area contributed by atoms with Crippen LogP contribution in [0.1, 0.15) is 43.7 Å². The van der Waals surface area contributed by atoms with Crippen LogP contribution in [-0.4, -0.2) is 6.54 Å². The number of benzene rings is 1. The SMILES string of the molecule is CC1(C)CC(CCN)c2ccc(F)cc21. The molecule has 2 N–H and O–H groups in total. The Hall–Kier alpha value is -0.890. The first-order valence-electron chi connectivity index (χ1n) is 5.54. The maximum absolute atomic E-state index is 13.2. The zero-order chi connectivity index (χ0) is 11.1. The van der Waals surface area contributed by atoms with Crippen molar-refractivity contribution in [2.45, 2.75) is 38.0 Å². The van der Waals surface area contributed by atoms with E-state index in [2.05, 4.69) is 13.8 Å². The van der Waals surface area contributed by atoms with Gasteiger partial charge in [-0.1, -0.05) is 19.9 Å². The van der Waals surface area contributed by atoms with Crippen LogP contribution in [0.25, 0.3) is 0 Å². The van der Waals surface area contributed by atoms with Crippen molar-refractivity contribution >= 4 is 0 Å². The molecule has 0 radical (unpaired) electrons. The lowest BCUT2D eigenvalue weighted by Gasteiger charge is -2.19. The first-order chi connectivity index (χ1) is 7.04. The van der Waals surface area contributed by atoms with Crippen LogP contribution in [0.4, 0.5) is 4.39 Å². The fraction of sp³-hybridized carbons (Fsp3) is 0.538. The molecule has 0 saturated carbocycles. The summed E-state index contributed by atoms with van der Waals surface area (Å²) in [5.74, 6) is 0.385. The van der Waals surface area contributed by atoms with Crippen molar-refractivity contribution in [3.63, 3.8) is 0 Å². The van der Waals surface area contributed by atoms with Crippen molar-refractivity contribution in [3.8, 4) is 0 Å². The summed E-state index contributed by atoms with van der Waals surface area (Å²) in [6, 6.07) is 5.18. The Morgan fingerprint density at radius 2 is 2.20 bits per heavy atom. The number of rotatable bonds is 2. The Labute approximate surface area is 90.5 Å². The first-order valence-corrected chi connectivity index (χ1v) is 5.54. The summed E-state index contributed by atoms with van der Waals surface area (Å²) in [5.41, 5.74) is 8.17. The Kier molecular flexibility index (Phi) is 2.55. The molecule has 1 aliphatic rings. The summed E-state index contributed by atoms with van der Waals surface area (Å²) < 4.78 is 13.2. The van der Waals surface area contributed by atoms with Crippen LogP contribution in [0.5, 0.6) is 0 Å². The fourth-order valence-corrected chi connectivity index (χ4v) is 2.77. The molecule has 0 saturated heterocycles. The van der Waals surface area contributed by atoms with Crippen molar-refractivity contribution in [3.05, 3.63) is 35.1 Å². The van der Waals surface area contributed by atoms with Crippen molar-refractivity contribution in [1.82, 2.24) is 0 Å². The lowest BCUT2D eigenvalue weighted by Crippen LogP contribution is -2.13. The van der Waals surface area contributed by atoms with E-state index in [1.807, 2.05) is 6.07 Å². The molecule has 1 nitrogen and oxygen atoms in total. The molecule has 0 aromatic heterocycles. The van der Waals surface area contributed by atoms with Gasteiger partial charge in [0.15, 0.2) is 0 Å². The average molecular weight is 207 g/mol. The van der Waals surface area contributed by atoms with E-state index in [1.165, 1.54) is 11.1 Å². The number of halogens is 1. The van der Waals surface area contributed by atoms with Gasteiger partial charge in [-0.3, -0.25) is 0 Å². The van der Waals surface area contributed by atoms with Gasteiger partial charge >= 0.3 is 0 Å². The Morgan fingerprint density at radius 1 is 1.47 bits per heavy atom. The van der Waals surface area contributed by atoms with Crippen molar-refractivity contribution in [2.75, 3.05) is 6.54 Å². The van der Waals surface area contributed by atoms with E-state index >= 15 is 0 Å². The lowest BCUT2D eigenvalue weighted by molar-refractivity contribution is 0.462. The van der Waals surface area contributed by atoms with Gasteiger partial charge in [0.2, 0.25) is 0 Å². The smallest absolute Gasteiger partial charge is 0.123 e. The molecule has 1 unspecified atom stereocenters. The second-order valence-electron chi connectivity index (χ2n) is 5.09. The third kappa shape index (κ3) is 1.78. The van der Waals surface area contributed by atoms with E-state index < -0.39 is 0 Å². The normalized spacial score (nSPS) is 22.8. The molecule has 1 aromatic carbocycles. The predicted molar refractivity (Wildman–Crippen MR) is 60.5 cm³/mol. The first kappa shape index (κ1) is 10.6. The molecule has 0 fully saturated rings. The minimum atomic E-state index is -0.129. The standard InChI is InChI=1S/C13H18FN/c1-13(2)8-9(5-6-15)11-4-3-10(14)7-12(11)13/h3-4,7,9H,5-6,8,15H2,1-2H3. The molecule has 0 heterocycles. The van der Waals surface area contributed by atoms with Crippen molar-refractivity contribution < 1.29 is 4.39 Å².